The molecule has 7 heterocycles. The molecule has 588 valence electrons. The number of piperidine rings is 1. The van der Waals surface area contributed by atoms with Gasteiger partial charge in [0.1, 0.15) is 30.9 Å². The van der Waals surface area contributed by atoms with Crippen LogP contribution in [0.4, 0.5) is 30.7 Å². The number of aryl methyl sites for hydroxylation is 2. The van der Waals surface area contributed by atoms with Gasteiger partial charge in [0.15, 0.2) is 59.7 Å². The quantitative estimate of drug-likeness (QED) is 0.0195. The summed E-state index contributed by atoms with van der Waals surface area (Å²) in [5.41, 5.74) is 3.91. The molecular weight excluding hydrogens is 1430 g/mol. The Morgan fingerprint density at radius 1 is 0.709 bits per heavy atom. The zero-order chi connectivity index (χ0) is 78.9. The van der Waals surface area contributed by atoms with Crippen molar-refractivity contribution in [2.24, 2.45) is 0 Å². The van der Waals surface area contributed by atoms with Crippen molar-refractivity contribution >= 4 is 93.3 Å². The van der Waals surface area contributed by atoms with Gasteiger partial charge in [-0.3, -0.25) is 28.5 Å². The van der Waals surface area contributed by atoms with Crippen molar-refractivity contribution in [1.82, 2.24) is 39.0 Å². The Balaban J connectivity index is 0.694. The minimum Gasteiger partial charge on any atom is -0.493 e. The lowest BCUT2D eigenvalue weighted by Gasteiger charge is -2.43. The number of pyridine rings is 1. The second-order valence-corrected chi connectivity index (χ2v) is 27.2. The number of likely N-dealkylation sites (N-methyl/N-ethyl adjacent to an activating group) is 5. The van der Waals surface area contributed by atoms with Gasteiger partial charge in [-0.25, -0.2) is 33.9 Å². The molecule has 6 aromatic rings. The van der Waals surface area contributed by atoms with E-state index in [0.717, 1.165) is 101 Å². The summed E-state index contributed by atoms with van der Waals surface area (Å²) >= 11 is 0. The minimum atomic E-state index is -1.79. The number of carbonyl (C=O) groups is 10. The summed E-state index contributed by atoms with van der Waals surface area (Å²) in [6.07, 6.45) is 1.48. The lowest BCUT2D eigenvalue weighted by molar-refractivity contribution is -0.686. The molecule has 0 saturated carbocycles. The van der Waals surface area contributed by atoms with Crippen LogP contribution in [0.1, 0.15) is 103 Å². The molecule has 34 heteroatoms. The number of methoxy groups -OCH3 is 2. The number of hydrogen-bond donors (Lipinski definition) is 1. The predicted molar refractivity (Wildman–Crippen MR) is 391 cm³/mol. The summed E-state index contributed by atoms with van der Waals surface area (Å²) < 4.78 is 71.5. The molecule has 0 aliphatic carbocycles. The van der Waals surface area contributed by atoms with Crippen LogP contribution < -0.4 is 38.5 Å². The standard InChI is InChI=1S/C76H92N12O22/c1-46(89)105-65-66(106-47(2)90)68(107-48(3)91)72(109-67(65)71(94)100-10)108-58-23-21-49(43-102-75(97)83(6)33-32-81(4)73(95)88-31-27-53-69(78-44-79-70(53)88)85(8)52-19-18-29-87(41-52)63(93)25-28-77)37-56(58)80-62(92)20-16-14-12-11-13-15-17-36-101-74(96)82(5)34-35-84(7)76(98)110-64-55-42-86-30-26-51-39-60-61(104-45-103-60)40-54(51)57(86)38-50(55)22-24-59(64)99-9/h21-24,27,31,37-40,42,44,52,65-68,72H,11-20,25-26,29-30,32-36,41,43,45H2,1-10H3/p+1/t52-,65+,66+,67+,68-,72-/m1/s1. The minimum absolute atomic E-state index is 0.0209. The molecule has 34 nitrogen and oxygen atoms in total. The highest BCUT2D eigenvalue weighted by molar-refractivity contribution is 5.96. The van der Waals surface area contributed by atoms with Gasteiger partial charge in [-0.15, -0.1) is 0 Å². The number of rotatable bonds is 30. The Labute approximate surface area is 635 Å². The van der Waals surface area contributed by atoms with Crippen LogP contribution >= 0.6 is 0 Å². The van der Waals surface area contributed by atoms with Crippen LogP contribution in [0.5, 0.6) is 28.7 Å². The smallest absolute Gasteiger partial charge is 0.415 e. The van der Waals surface area contributed by atoms with E-state index in [-0.39, 0.29) is 88.2 Å². The second-order valence-electron chi connectivity index (χ2n) is 27.2. The molecule has 0 radical (unpaired) electrons. The van der Waals surface area contributed by atoms with Crippen molar-refractivity contribution < 1.29 is 109 Å². The Hall–Kier alpha value is -11.8. The van der Waals surface area contributed by atoms with Gasteiger partial charge in [0, 0.05) is 126 Å². The van der Waals surface area contributed by atoms with Crippen LogP contribution in [-0.2, 0) is 81.5 Å². The topological polar surface area (TPSA) is 371 Å². The summed E-state index contributed by atoms with van der Waals surface area (Å²) in [5, 5.41) is 14.1. The normalized spacial score (nSPS) is 17.4. The highest BCUT2D eigenvalue weighted by Crippen LogP contribution is 2.43. The van der Waals surface area contributed by atoms with E-state index in [1.807, 2.05) is 42.4 Å². The molecule has 0 bridgehead atoms. The number of likely N-dealkylation sites (tertiary alicyclic amines) is 1. The van der Waals surface area contributed by atoms with E-state index in [4.69, 9.17) is 62.1 Å². The van der Waals surface area contributed by atoms with Crippen LogP contribution in [0.25, 0.3) is 33.1 Å². The third kappa shape index (κ3) is 19.9. The average Bonchev–Trinajstić information content (AvgIpc) is 1.02. The Bertz CT molecular complexity index is 4450. The number of esters is 4. The van der Waals surface area contributed by atoms with Gasteiger partial charge in [-0.2, -0.15) is 9.83 Å². The molecule has 3 aromatic carbocycles. The number of fused-ring (bicyclic) bond motifs is 6. The van der Waals surface area contributed by atoms with Crippen molar-refractivity contribution in [2.45, 2.75) is 148 Å². The van der Waals surface area contributed by atoms with Crippen molar-refractivity contribution in [3.8, 4) is 46.1 Å². The molecule has 6 atom stereocenters. The van der Waals surface area contributed by atoms with Crippen LogP contribution in [0.15, 0.2) is 73.3 Å². The number of ether oxygens (including phenoxy) is 12. The first-order chi connectivity index (χ1) is 52.8. The Morgan fingerprint density at radius 3 is 2.06 bits per heavy atom. The number of hydrogen-bond acceptors (Lipinski definition) is 26. The van der Waals surface area contributed by atoms with E-state index in [1.165, 1.54) is 62.9 Å². The summed E-state index contributed by atoms with van der Waals surface area (Å²) in [4.78, 5) is 149. The van der Waals surface area contributed by atoms with Crippen molar-refractivity contribution in [3.05, 3.63) is 84.4 Å². The van der Waals surface area contributed by atoms with E-state index >= 15 is 0 Å². The zero-order valence-electron chi connectivity index (χ0n) is 63.3. The monoisotopic (exact) mass is 1530 g/mol. The van der Waals surface area contributed by atoms with Crippen LogP contribution in [0.2, 0.25) is 0 Å². The van der Waals surface area contributed by atoms with Gasteiger partial charge in [0.25, 0.3) is 0 Å². The largest absolute Gasteiger partial charge is 0.493 e. The van der Waals surface area contributed by atoms with E-state index in [1.54, 1.807) is 44.4 Å². The van der Waals surface area contributed by atoms with E-state index in [0.29, 0.717) is 78.2 Å². The molecule has 2 saturated heterocycles. The van der Waals surface area contributed by atoms with Crippen molar-refractivity contribution in [3.63, 3.8) is 0 Å². The van der Waals surface area contributed by atoms with Crippen LogP contribution in [-0.4, -0.2) is 238 Å². The van der Waals surface area contributed by atoms with Gasteiger partial charge in [0.2, 0.25) is 36.7 Å². The van der Waals surface area contributed by atoms with E-state index < -0.39 is 84.8 Å². The maximum atomic E-state index is 13.9. The Kier molecular flexibility index (Phi) is 27.4. The predicted octanol–water partition coefficient (Wildman–Crippen LogP) is 7.67. The maximum Gasteiger partial charge on any atom is 0.415 e. The van der Waals surface area contributed by atoms with Crippen LogP contribution in [0.3, 0.4) is 0 Å². The van der Waals surface area contributed by atoms with Crippen molar-refractivity contribution in [2.75, 3.05) is 112 Å². The number of unbranched alkanes of at least 4 members (excludes halogenated alkanes) is 6. The summed E-state index contributed by atoms with van der Waals surface area (Å²) in [7, 11) is 10.7. The fraction of sp³-hybridized carbons (Fsp3) is 0.500. The van der Waals surface area contributed by atoms with Gasteiger partial charge in [-0.1, -0.05) is 38.2 Å². The highest BCUT2D eigenvalue weighted by Gasteiger charge is 2.56. The molecule has 110 heavy (non-hydrogen) atoms. The summed E-state index contributed by atoms with van der Waals surface area (Å²) in [6.45, 7) is 5.26. The number of anilines is 2. The molecule has 0 unspecified atom stereocenters. The number of carbonyl (C=O) groups excluding carboxylic acids is 10. The zero-order valence-corrected chi connectivity index (χ0v) is 63.3. The number of nitrogens with zero attached hydrogens (tertiary/aromatic N) is 11. The molecule has 10 rings (SSSR count). The summed E-state index contributed by atoms with van der Waals surface area (Å²) in [5.74, 6) is -1.91. The number of nitrogens with one attached hydrogen (secondary N) is 1. The van der Waals surface area contributed by atoms with Gasteiger partial charge in [0.05, 0.1) is 48.9 Å². The first kappa shape index (κ1) is 80.8. The van der Waals surface area contributed by atoms with E-state index in [2.05, 4.69) is 25.9 Å². The average molecular weight is 1530 g/mol. The maximum absolute atomic E-state index is 13.9. The molecule has 0 spiro atoms. The van der Waals surface area contributed by atoms with Gasteiger partial charge in [-0.05, 0) is 84.7 Å². The van der Waals surface area contributed by atoms with E-state index in [9.17, 15) is 47.9 Å². The number of aromatic nitrogens is 4. The van der Waals surface area contributed by atoms with Gasteiger partial charge >= 0.3 is 48.2 Å². The number of amides is 6. The lowest BCUT2D eigenvalue weighted by Crippen LogP contribution is -2.64. The Morgan fingerprint density at radius 2 is 1.36 bits per heavy atom. The molecule has 4 aliphatic rings. The van der Waals surface area contributed by atoms with Crippen molar-refractivity contribution in [1.29, 1.82) is 5.26 Å². The third-order valence-electron chi connectivity index (χ3n) is 19.3. The fourth-order valence-electron chi connectivity index (χ4n) is 13.4. The molecular formula is C76H93N12O22+. The molecule has 1 N–H and O–H groups in total. The van der Waals surface area contributed by atoms with Crippen LogP contribution in [0, 0.1) is 11.3 Å². The molecule has 4 aliphatic heterocycles. The summed E-state index contributed by atoms with van der Waals surface area (Å²) in [6, 6.07) is 17.3. The molecule has 2 fully saturated rings. The molecule has 3 aromatic heterocycles. The SMILES string of the molecule is COC(=O)[C@H]1O[C@@H](Oc2ccc(COC(=O)N(C)CCN(C)C(=O)n3ccc4c(N(C)[C@@H]5CCCN(C(=O)CC#N)C5)ncnc43)cc2NC(=O)CCCCCCCCCOC(=O)N(C)CCN(C)C(=O)Oc2c(OC)ccc3cc4[n+](cc23)CCc2cc3c(cc2-4)OCO3)[C@H](OC(C)=O)[C@@H](OC(C)=O)[C@@H]1OC(C)=O. The second kappa shape index (κ2) is 37.4. The van der Waals surface area contributed by atoms with Gasteiger partial charge < -0.3 is 91.6 Å². The highest BCUT2D eigenvalue weighted by atomic mass is 16.7. The third-order valence-corrected chi connectivity index (χ3v) is 19.3. The number of benzene rings is 3. The fourth-order valence-corrected chi connectivity index (χ4v) is 13.4. The number of nitriles is 1. The first-order valence-electron chi connectivity index (χ1n) is 36.3. The first-order valence-corrected chi connectivity index (χ1v) is 36.3. The lowest BCUT2D eigenvalue weighted by atomic mass is 9.95. The molecule has 6 amide bonds.